The predicted octanol–water partition coefficient (Wildman–Crippen LogP) is 2.75. The normalized spacial score (nSPS) is 17.9. The SMILES string of the molecule is CN1CCC(Cn2c(N)nc3cc(Cl)c(F)cc32)CC1. The maximum atomic E-state index is 13.6. The van der Waals surface area contributed by atoms with E-state index < -0.39 is 5.82 Å². The van der Waals surface area contributed by atoms with Crippen LogP contribution < -0.4 is 5.73 Å². The molecule has 2 N–H and O–H groups in total. The number of hydrogen-bond donors (Lipinski definition) is 1. The summed E-state index contributed by atoms with van der Waals surface area (Å²) in [6.45, 7) is 2.98. The standard InChI is InChI=1S/C14H18ClFN4/c1-19-4-2-9(3-5-19)8-20-13-7-11(16)10(15)6-12(13)18-14(20)17/h6-7,9H,2-5,8H2,1H3,(H2,17,18). The Kier molecular flexibility index (Phi) is 3.56. The van der Waals surface area contributed by atoms with E-state index in [1.807, 2.05) is 4.57 Å². The largest absolute Gasteiger partial charge is 0.369 e. The Bertz CT molecular complexity index is 632. The Hall–Kier alpha value is -1.33. The van der Waals surface area contributed by atoms with Crippen molar-refractivity contribution in [1.29, 1.82) is 0 Å². The molecule has 1 aliphatic rings. The number of aromatic nitrogens is 2. The minimum absolute atomic E-state index is 0.0847. The maximum Gasteiger partial charge on any atom is 0.201 e. The topological polar surface area (TPSA) is 47.1 Å². The van der Waals surface area contributed by atoms with Crippen molar-refractivity contribution < 1.29 is 4.39 Å². The van der Waals surface area contributed by atoms with Crippen LogP contribution >= 0.6 is 11.6 Å². The van der Waals surface area contributed by atoms with E-state index in [1.54, 1.807) is 0 Å². The highest BCUT2D eigenvalue weighted by Gasteiger charge is 2.20. The molecule has 1 saturated heterocycles. The lowest BCUT2D eigenvalue weighted by atomic mass is 9.97. The molecule has 0 saturated carbocycles. The number of anilines is 1. The molecule has 6 heteroatoms. The van der Waals surface area contributed by atoms with Gasteiger partial charge < -0.3 is 15.2 Å². The third-order valence-corrected chi connectivity index (χ3v) is 4.39. The van der Waals surface area contributed by atoms with Gasteiger partial charge in [0.05, 0.1) is 16.1 Å². The van der Waals surface area contributed by atoms with Crippen LogP contribution in [0.4, 0.5) is 10.3 Å². The van der Waals surface area contributed by atoms with Gasteiger partial charge in [0, 0.05) is 12.6 Å². The van der Waals surface area contributed by atoms with E-state index in [4.69, 9.17) is 17.3 Å². The minimum atomic E-state index is -0.427. The van der Waals surface area contributed by atoms with E-state index in [2.05, 4.69) is 16.9 Å². The molecular formula is C14H18ClFN4. The molecule has 0 unspecified atom stereocenters. The van der Waals surface area contributed by atoms with Crippen molar-refractivity contribution in [3.8, 4) is 0 Å². The van der Waals surface area contributed by atoms with Crippen molar-refractivity contribution in [2.24, 2.45) is 5.92 Å². The van der Waals surface area contributed by atoms with E-state index in [9.17, 15) is 4.39 Å². The van der Waals surface area contributed by atoms with Gasteiger partial charge in [0.2, 0.25) is 5.95 Å². The molecule has 3 rings (SSSR count). The molecule has 0 radical (unpaired) electrons. The molecule has 0 aliphatic carbocycles. The lowest BCUT2D eigenvalue weighted by molar-refractivity contribution is 0.206. The lowest BCUT2D eigenvalue weighted by Crippen LogP contribution is -2.32. The summed E-state index contributed by atoms with van der Waals surface area (Å²) >= 11 is 5.79. The second-order valence-corrected chi connectivity index (χ2v) is 5.99. The van der Waals surface area contributed by atoms with Crippen LogP contribution in [0.1, 0.15) is 12.8 Å². The second-order valence-electron chi connectivity index (χ2n) is 5.58. The van der Waals surface area contributed by atoms with Gasteiger partial charge in [0.25, 0.3) is 0 Å². The van der Waals surface area contributed by atoms with Crippen LogP contribution in [0.25, 0.3) is 11.0 Å². The molecule has 0 spiro atoms. The molecule has 1 aromatic heterocycles. The first-order valence-electron chi connectivity index (χ1n) is 6.84. The number of nitrogen functional groups attached to an aromatic ring is 1. The van der Waals surface area contributed by atoms with Crippen LogP contribution in [0.5, 0.6) is 0 Å². The Morgan fingerprint density at radius 1 is 1.40 bits per heavy atom. The number of hydrogen-bond acceptors (Lipinski definition) is 3. The fourth-order valence-electron chi connectivity index (χ4n) is 2.83. The first-order valence-corrected chi connectivity index (χ1v) is 7.21. The molecule has 20 heavy (non-hydrogen) atoms. The number of benzene rings is 1. The molecule has 2 heterocycles. The maximum absolute atomic E-state index is 13.6. The van der Waals surface area contributed by atoms with Crippen LogP contribution in [-0.4, -0.2) is 34.6 Å². The van der Waals surface area contributed by atoms with Crippen LogP contribution in [0.3, 0.4) is 0 Å². The van der Waals surface area contributed by atoms with Gasteiger partial charge in [-0.1, -0.05) is 11.6 Å². The van der Waals surface area contributed by atoms with Crippen molar-refractivity contribution in [2.75, 3.05) is 25.9 Å². The number of imidazole rings is 1. The van der Waals surface area contributed by atoms with Crippen molar-refractivity contribution in [3.05, 3.63) is 23.0 Å². The molecule has 0 bridgehead atoms. The quantitative estimate of drug-likeness (QED) is 0.927. The third-order valence-electron chi connectivity index (χ3n) is 4.10. The molecule has 0 atom stereocenters. The smallest absolute Gasteiger partial charge is 0.201 e. The average molecular weight is 297 g/mol. The van der Waals surface area contributed by atoms with Crippen molar-refractivity contribution in [1.82, 2.24) is 14.5 Å². The van der Waals surface area contributed by atoms with Crippen LogP contribution in [-0.2, 0) is 6.54 Å². The van der Waals surface area contributed by atoms with E-state index in [0.29, 0.717) is 17.4 Å². The van der Waals surface area contributed by atoms with Gasteiger partial charge in [0.1, 0.15) is 5.82 Å². The molecular weight excluding hydrogens is 279 g/mol. The van der Waals surface area contributed by atoms with Crippen LogP contribution in [0.2, 0.25) is 5.02 Å². The van der Waals surface area contributed by atoms with E-state index >= 15 is 0 Å². The zero-order valence-electron chi connectivity index (χ0n) is 11.4. The highest BCUT2D eigenvalue weighted by molar-refractivity contribution is 6.31. The van der Waals surface area contributed by atoms with Gasteiger partial charge in [-0.2, -0.15) is 0 Å². The molecule has 108 valence electrons. The van der Waals surface area contributed by atoms with Crippen LogP contribution in [0.15, 0.2) is 12.1 Å². The van der Waals surface area contributed by atoms with E-state index in [-0.39, 0.29) is 5.02 Å². The fraction of sp³-hybridized carbons (Fsp3) is 0.500. The fourth-order valence-corrected chi connectivity index (χ4v) is 2.99. The summed E-state index contributed by atoms with van der Waals surface area (Å²) in [5, 5.41) is 0.0847. The number of fused-ring (bicyclic) bond motifs is 1. The molecule has 4 nitrogen and oxygen atoms in total. The highest BCUT2D eigenvalue weighted by Crippen LogP contribution is 2.27. The summed E-state index contributed by atoms with van der Waals surface area (Å²) in [4.78, 5) is 6.60. The number of rotatable bonds is 2. The Balaban J connectivity index is 1.91. The summed E-state index contributed by atoms with van der Waals surface area (Å²) in [5.41, 5.74) is 7.35. The van der Waals surface area contributed by atoms with E-state index in [1.165, 1.54) is 12.1 Å². The summed E-state index contributed by atoms with van der Waals surface area (Å²) in [6.07, 6.45) is 2.26. The number of nitrogens with two attached hydrogens (primary N) is 1. The molecule has 0 amide bonds. The van der Waals surface area contributed by atoms with E-state index in [0.717, 1.165) is 38.0 Å². The summed E-state index contributed by atoms with van der Waals surface area (Å²) in [6, 6.07) is 2.96. The zero-order valence-corrected chi connectivity index (χ0v) is 12.2. The van der Waals surface area contributed by atoms with Gasteiger partial charge in [-0.05, 0) is 45.0 Å². The van der Waals surface area contributed by atoms with Crippen molar-refractivity contribution >= 4 is 28.6 Å². The summed E-state index contributed by atoms with van der Waals surface area (Å²) in [5.74, 6) is 0.564. The highest BCUT2D eigenvalue weighted by atomic mass is 35.5. The number of piperidine rings is 1. The number of nitrogens with zero attached hydrogens (tertiary/aromatic N) is 3. The predicted molar refractivity (Wildman–Crippen MR) is 79.3 cm³/mol. The van der Waals surface area contributed by atoms with Crippen molar-refractivity contribution in [2.45, 2.75) is 19.4 Å². The second kappa shape index (κ2) is 5.22. The third kappa shape index (κ3) is 2.47. The van der Waals surface area contributed by atoms with Gasteiger partial charge in [-0.3, -0.25) is 0 Å². The summed E-state index contributed by atoms with van der Waals surface area (Å²) in [7, 11) is 2.13. The van der Waals surface area contributed by atoms with Gasteiger partial charge >= 0.3 is 0 Å². The number of halogens is 2. The summed E-state index contributed by atoms with van der Waals surface area (Å²) < 4.78 is 15.6. The molecule has 1 aliphatic heterocycles. The van der Waals surface area contributed by atoms with Crippen LogP contribution in [0, 0.1) is 11.7 Å². The first kappa shape index (κ1) is 13.6. The number of likely N-dealkylation sites (tertiary alicyclic amines) is 1. The molecule has 1 fully saturated rings. The van der Waals surface area contributed by atoms with Gasteiger partial charge in [0.15, 0.2) is 0 Å². The average Bonchev–Trinajstić information content (AvgIpc) is 2.69. The Labute approximate surface area is 122 Å². The minimum Gasteiger partial charge on any atom is -0.369 e. The molecule has 1 aromatic carbocycles. The molecule has 2 aromatic rings. The monoisotopic (exact) mass is 296 g/mol. The zero-order chi connectivity index (χ0) is 14.3. The Morgan fingerprint density at radius 2 is 2.10 bits per heavy atom. The van der Waals surface area contributed by atoms with Crippen molar-refractivity contribution in [3.63, 3.8) is 0 Å². The lowest BCUT2D eigenvalue weighted by Gasteiger charge is -2.29. The Morgan fingerprint density at radius 3 is 2.80 bits per heavy atom. The first-order chi connectivity index (χ1) is 9.54. The van der Waals surface area contributed by atoms with Gasteiger partial charge in [-0.15, -0.1) is 0 Å². The van der Waals surface area contributed by atoms with Gasteiger partial charge in [-0.25, -0.2) is 9.37 Å².